The van der Waals surface area contributed by atoms with E-state index in [2.05, 4.69) is 31.4 Å². The first-order valence-electron chi connectivity index (χ1n) is 6.44. The van der Waals surface area contributed by atoms with Crippen LogP contribution in [0.25, 0.3) is 11.7 Å². The summed E-state index contributed by atoms with van der Waals surface area (Å²) in [6, 6.07) is 8.29. The van der Waals surface area contributed by atoms with E-state index in [1.807, 2.05) is 0 Å². The summed E-state index contributed by atoms with van der Waals surface area (Å²) in [4.78, 5) is 11.1. The molecular weight excluding hydrogens is 388 g/mol. The first kappa shape index (κ1) is 15.6. The summed E-state index contributed by atoms with van der Waals surface area (Å²) in [6.45, 7) is 0.293. The van der Waals surface area contributed by atoms with Crippen LogP contribution in [0, 0.1) is 0 Å². The number of amides is 1. The summed E-state index contributed by atoms with van der Waals surface area (Å²) in [5, 5.41) is 11.2. The van der Waals surface area contributed by atoms with Crippen LogP contribution in [0.5, 0.6) is 0 Å². The van der Waals surface area contributed by atoms with Gasteiger partial charge < -0.3 is 19.9 Å². The van der Waals surface area contributed by atoms with Gasteiger partial charge in [0.25, 0.3) is 5.89 Å². The molecule has 2 heterocycles. The van der Waals surface area contributed by atoms with Gasteiger partial charge in [0.15, 0.2) is 10.4 Å². The van der Waals surface area contributed by atoms with E-state index in [-0.39, 0.29) is 16.5 Å². The number of nitrogens with two attached hydrogens (primary N) is 1. The molecular formula is C14H10BrClN4O3. The molecule has 0 saturated carbocycles. The Hall–Kier alpha value is -2.32. The summed E-state index contributed by atoms with van der Waals surface area (Å²) in [5.74, 6) is 0.564. The van der Waals surface area contributed by atoms with Crippen molar-refractivity contribution < 1.29 is 13.6 Å². The number of nitrogens with zero attached hydrogens (tertiary/aromatic N) is 2. The summed E-state index contributed by atoms with van der Waals surface area (Å²) < 4.78 is 11.4. The Balaban J connectivity index is 1.68. The molecule has 0 radical (unpaired) electrons. The average molecular weight is 398 g/mol. The topological polar surface area (TPSA) is 107 Å². The van der Waals surface area contributed by atoms with Gasteiger partial charge in [0, 0.05) is 5.69 Å². The number of carbonyl (C=O) groups is 1. The highest BCUT2D eigenvalue weighted by Gasteiger charge is 2.12. The van der Waals surface area contributed by atoms with E-state index < -0.39 is 5.91 Å². The SMILES string of the molecule is NC(=O)c1ccc(NCc2nnc(-c3ccc(Br)o3)o2)cc1Cl. The zero-order valence-corrected chi connectivity index (χ0v) is 13.9. The van der Waals surface area contributed by atoms with Gasteiger partial charge in [-0.3, -0.25) is 4.79 Å². The number of benzene rings is 1. The summed E-state index contributed by atoms with van der Waals surface area (Å²) in [6.07, 6.45) is 0. The van der Waals surface area contributed by atoms with Crippen molar-refractivity contribution in [1.82, 2.24) is 10.2 Å². The van der Waals surface area contributed by atoms with E-state index in [1.54, 1.807) is 30.3 Å². The third kappa shape index (κ3) is 3.54. The number of furan rings is 1. The molecule has 0 aliphatic rings. The molecule has 1 amide bonds. The number of rotatable bonds is 5. The van der Waals surface area contributed by atoms with Gasteiger partial charge in [0.05, 0.1) is 17.1 Å². The van der Waals surface area contributed by atoms with Crippen molar-refractivity contribution in [2.45, 2.75) is 6.54 Å². The molecule has 0 aliphatic heterocycles. The zero-order chi connectivity index (χ0) is 16.4. The largest absolute Gasteiger partial charge is 0.444 e. The minimum atomic E-state index is -0.576. The predicted molar refractivity (Wildman–Crippen MR) is 87.0 cm³/mol. The van der Waals surface area contributed by atoms with Crippen molar-refractivity contribution >= 4 is 39.1 Å². The molecule has 0 unspecified atom stereocenters. The van der Waals surface area contributed by atoms with Crippen LogP contribution in [-0.4, -0.2) is 16.1 Å². The molecule has 23 heavy (non-hydrogen) atoms. The van der Waals surface area contributed by atoms with Crippen molar-refractivity contribution in [3.05, 3.63) is 51.5 Å². The third-order valence-corrected chi connectivity index (χ3v) is 3.67. The van der Waals surface area contributed by atoms with E-state index in [0.29, 0.717) is 28.6 Å². The lowest BCUT2D eigenvalue weighted by atomic mass is 10.2. The van der Waals surface area contributed by atoms with Crippen molar-refractivity contribution in [3.8, 4) is 11.7 Å². The number of hydrogen-bond acceptors (Lipinski definition) is 6. The quantitative estimate of drug-likeness (QED) is 0.683. The Morgan fingerprint density at radius 2 is 2.09 bits per heavy atom. The first-order chi connectivity index (χ1) is 11.0. The smallest absolute Gasteiger partial charge is 0.283 e. The van der Waals surface area contributed by atoms with E-state index in [1.165, 1.54) is 0 Å². The highest BCUT2D eigenvalue weighted by Crippen LogP contribution is 2.24. The van der Waals surface area contributed by atoms with Crippen molar-refractivity contribution in [2.75, 3.05) is 5.32 Å². The third-order valence-electron chi connectivity index (χ3n) is 2.93. The second-order valence-electron chi connectivity index (χ2n) is 4.52. The molecule has 3 aromatic rings. The summed E-state index contributed by atoms with van der Waals surface area (Å²) in [7, 11) is 0. The lowest BCUT2D eigenvalue weighted by molar-refractivity contribution is 0.100. The molecule has 0 aliphatic carbocycles. The van der Waals surface area contributed by atoms with Crippen LogP contribution in [0.4, 0.5) is 5.69 Å². The Bertz CT molecular complexity index is 861. The molecule has 0 atom stereocenters. The Morgan fingerprint density at radius 3 is 2.74 bits per heavy atom. The van der Waals surface area contributed by atoms with Gasteiger partial charge in [-0.05, 0) is 46.3 Å². The van der Waals surface area contributed by atoms with Crippen LogP contribution in [0.1, 0.15) is 16.2 Å². The number of hydrogen-bond donors (Lipinski definition) is 2. The second-order valence-corrected chi connectivity index (χ2v) is 5.71. The van der Waals surface area contributed by atoms with Crippen LogP contribution in [0.3, 0.4) is 0 Å². The maximum Gasteiger partial charge on any atom is 0.283 e. The number of anilines is 1. The molecule has 7 nitrogen and oxygen atoms in total. The highest BCUT2D eigenvalue weighted by molar-refractivity contribution is 9.10. The summed E-state index contributed by atoms with van der Waals surface area (Å²) >= 11 is 9.19. The lowest BCUT2D eigenvalue weighted by Gasteiger charge is -2.06. The average Bonchev–Trinajstić information content (AvgIpc) is 3.13. The predicted octanol–water partition coefficient (Wildman–Crippen LogP) is 3.46. The zero-order valence-electron chi connectivity index (χ0n) is 11.5. The minimum Gasteiger partial charge on any atom is -0.444 e. The molecule has 0 spiro atoms. The minimum absolute atomic E-state index is 0.265. The fraction of sp³-hybridized carbons (Fsp3) is 0.0714. The number of halogens is 2. The number of primary amides is 1. The van der Waals surface area contributed by atoms with Crippen LogP contribution in [-0.2, 0) is 6.54 Å². The Morgan fingerprint density at radius 1 is 1.26 bits per heavy atom. The van der Waals surface area contributed by atoms with Gasteiger partial charge >= 0.3 is 0 Å². The van der Waals surface area contributed by atoms with Gasteiger partial charge in [0.2, 0.25) is 11.8 Å². The maximum absolute atomic E-state index is 11.1. The van der Waals surface area contributed by atoms with Gasteiger partial charge in [-0.1, -0.05) is 11.6 Å². The van der Waals surface area contributed by atoms with Crippen LogP contribution in [0.2, 0.25) is 5.02 Å². The van der Waals surface area contributed by atoms with Gasteiger partial charge in [-0.15, -0.1) is 10.2 Å². The molecule has 0 fully saturated rings. The maximum atomic E-state index is 11.1. The van der Waals surface area contributed by atoms with Gasteiger partial charge in [0.1, 0.15) is 0 Å². The first-order valence-corrected chi connectivity index (χ1v) is 7.61. The molecule has 118 valence electrons. The monoisotopic (exact) mass is 396 g/mol. The number of carbonyl (C=O) groups excluding carboxylic acids is 1. The molecule has 3 N–H and O–H groups in total. The van der Waals surface area contributed by atoms with Gasteiger partial charge in [-0.25, -0.2) is 0 Å². The normalized spacial score (nSPS) is 10.7. The van der Waals surface area contributed by atoms with Crippen molar-refractivity contribution in [2.24, 2.45) is 5.73 Å². The fourth-order valence-electron chi connectivity index (χ4n) is 1.86. The van der Waals surface area contributed by atoms with E-state index in [9.17, 15) is 4.79 Å². The molecule has 1 aromatic carbocycles. The van der Waals surface area contributed by atoms with E-state index in [0.717, 1.165) is 0 Å². The van der Waals surface area contributed by atoms with Crippen LogP contribution < -0.4 is 11.1 Å². The van der Waals surface area contributed by atoms with Crippen molar-refractivity contribution in [1.29, 1.82) is 0 Å². The van der Waals surface area contributed by atoms with Crippen molar-refractivity contribution in [3.63, 3.8) is 0 Å². The fourth-order valence-corrected chi connectivity index (χ4v) is 2.44. The van der Waals surface area contributed by atoms with E-state index >= 15 is 0 Å². The second kappa shape index (κ2) is 6.43. The Kier molecular flexibility index (Phi) is 4.35. The van der Waals surface area contributed by atoms with Gasteiger partial charge in [-0.2, -0.15) is 0 Å². The Labute approximate surface area is 143 Å². The molecule has 0 bridgehead atoms. The number of nitrogens with one attached hydrogen (secondary N) is 1. The summed E-state index contributed by atoms with van der Waals surface area (Å²) in [5.41, 5.74) is 6.16. The van der Waals surface area contributed by atoms with Crippen LogP contribution in [0.15, 0.2) is 43.8 Å². The molecule has 0 saturated heterocycles. The van der Waals surface area contributed by atoms with E-state index in [4.69, 9.17) is 26.2 Å². The molecule has 3 rings (SSSR count). The standard InChI is InChI=1S/C14H10BrClN4O3/c15-11-4-3-10(22-11)14-20-19-12(23-14)6-18-7-1-2-8(13(17)21)9(16)5-7/h1-5,18H,6H2,(H2,17,21). The van der Waals surface area contributed by atoms with Crippen LogP contribution >= 0.6 is 27.5 Å². The molecule has 2 aromatic heterocycles. The highest BCUT2D eigenvalue weighted by atomic mass is 79.9. The number of aromatic nitrogens is 2. The molecule has 9 heteroatoms. The lowest BCUT2D eigenvalue weighted by Crippen LogP contribution is -2.11.